The Bertz CT molecular complexity index is 585. The lowest BCUT2D eigenvalue weighted by Crippen LogP contribution is -2.52. The SMILES string of the molecule is Cc1c(C(=O)NC2CCCCC2N2CCCC2)ccc(Cl)c1Cl. The van der Waals surface area contributed by atoms with E-state index in [0.717, 1.165) is 12.0 Å². The second-order valence-electron chi connectivity index (χ2n) is 6.71. The quantitative estimate of drug-likeness (QED) is 0.870. The molecule has 0 bridgehead atoms. The van der Waals surface area contributed by atoms with Gasteiger partial charge in [0.15, 0.2) is 0 Å². The number of benzene rings is 1. The molecule has 1 heterocycles. The Morgan fingerprint density at radius 3 is 2.57 bits per heavy atom. The summed E-state index contributed by atoms with van der Waals surface area (Å²) in [6.45, 7) is 4.19. The van der Waals surface area contributed by atoms with Gasteiger partial charge in [-0.2, -0.15) is 0 Å². The van der Waals surface area contributed by atoms with Gasteiger partial charge in [0.1, 0.15) is 0 Å². The second-order valence-corrected chi connectivity index (χ2v) is 7.49. The number of likely N-dealkylation sites (tertiary alicyclic amines) is 1. The molecule has 23 heavy (non-hydrogen) atoms. The zero-order valence-corrected chi connectivity index (χ0v) is 15.1. The van der Waals surface area contributed by atoms with Gasteiger partial charge in [-0.25, -0.2) is 0 Å². The minimum absolute atomic E-state index is 0.0304. The molecule has 0 spiro atoms. The van der Waals surface area contributed by atoms with Crippen molar-refractivity contribution in [3.05, 3.63) is 33.3 Å². The summed E-state index contributed by atoms with van der Waals surface area (Å²) in [5.74, 6) is -0.0304. The molecule has 1 saturated carbocycles. The predicted molar refractivity (Wildman–Crippen MR) is 95.5 cm³/mol. The second kappa shape index (κ2) is 7.42. The zero-order valence-electron chi connectivity index (χ0n) is 13.6. The molecule has 1 aromatic rings. The molecule has 1 aromatic carbocycles. The Morgan fingerprint density at radius 1 is 1.13 bits per heavy atom. The van der Waals surface area contributed by atoms with E-state index < -0.39 is 0 Å². The van der Waals surface area contributed by atoms with Gasteiger partial charge < -0.3 is 5.32 Å². The fourth-order valence-electron chi connectivity index (χ4n) is 3.93. The fourth-order valence-corrected chi connectivity index (χ4v) is 4.30. The minimum Gasteiger partial charge on any atom is -0.348 e. The summed E-state index contributed by atoms with van der Waals surface area (Å²) in [5.41, 5.74) is 1.38. The van der Waals surface area contributed by atoms with E-state index in [-0.39, 0.29) is 11.9 Å². The average Bonchev–Trinajstić information content (AvgIpc) is 3.07. The maximum absolute atomic E-state index is 12.7. The van der Waals surface area contributed by atoms with Crippen LogP contribution in [0.4, 0.5) is 0 Å². The molecule has 126 valence electrons. The van der Waals surface area contributed by atoms with Crippen molar-refractivity contribution in [2.45, 2.75) is 57.5 Å². The summed E-state index contributed by atoms with van der Waals surface area (Å²) in [5, 5.41) is 4.23. The molecule has 1 N–H and O–H groups in total. The first-order chi connectivity index (χ1) is 11.1. The highest BCUT2D eigenvalue weighted by atomic mass is 35.5. The van der Waals surface area contributed by atoms with E-state index in [4.69, 9.17) is 23.2 Å². The Labute approximate surface area is 148 Å². The summed E-state index contributed by atoms with van der Waals surface area (Å²) in [6, 6.07) is 4.19. The highest BCUT2D eigenvalue weighted by molar-refractivity contribution is 6.42. The van der Waals surface area contributed by atoms with Crippen molar-refractivity contribution in [2.75, 3.05) is 13.1 Å². The van der Waals surface area contributed by atoms with Crippen molar-refractivity contribution in [3.63, 3.8) is 0 Å². The van der Waals surface area contributed by atoms with Crippen LogP contribution in [0.3, 0.4) is 0 Å². The third-order valence-corrected chi connectivity index (χ3v) is 6.14. The number of hydrogen-bond donors (Lipinski definition) is 1. The number of carbonyl (C=O) groups excluding carboxylic acids is 1. The van der Waals surface area contributed by atoms with Crippen molar-refractivity contribution in [1.29, 1.82) is 0 Å². The zero-order chi connectivity index (χ0) is 16.4. The molecule has 2 atom stereocenters. The largest absolute Gasteiger partial charge is 0.348 e. The molecule has 1 saturated heterocycles. The van der Waals surface area contributed by atoms with Crippen LogP contribution in [0.2, 0.25) is 10.0 Å². The molecule has 1 aliphatic carbocycles. The molecule has 2 aliphatic rings. The van der Waals surface area contributed by atoms with E-state index in [1.807, 2.05) is 6.92 Å². The summed E-state index contributed by atoms with van der Waals surface area (Å²) in [4.78, 5) is 15.3. The first-order valence-electron chi connectivity index (χ1n) is 8.57. The first kappa shape index (κ1) is 17.1. The number of hydrogen-bond acceptors (Lipinski definition) is 2. The van der Waals surface area contributed by atoms with Crippen LogP contribution in [0.25, 0.3) is 0 Å². The third-order valence-electron chi connectivity index (χ3n) is 5.24. The molecule has 2 fully saturated rings. The monoisotopic (exact) mass is 354 g/mol. The molecule has 0 radical (unpaired) electrons. The van der Waals surface area contributed by atoms with E-state index in [1.165, 1.54) is 45.2 Å². The third kappa shape index (κ3) is 3.67. The number of amides is 1. The van der Waals surface area contributed by atoms with Crippen molar-refractivity contribution >= 4 is 29.1 Å². The molecule has 5 heteroatoms. The number of nitrogens with zero attached hydrogens (tertiary/aromatic N) is 1. The minimum atomic E-state index is -0.0304. The van der Waals surface area contributed by atoms with Crippen LogP contribution in [0.1, 0.15) is 54.4 Å². The van der Waals surface area contributed by atoms with Crippen LogP contribution in [0.5, 0.6) is 0 Å². The van der Waals surface area contributed by atoms with Crippen LogP contribution >= 0.6 is 23.2 Å². The van der Waals surface area contributed by atoms with E-state index in [9.17, 15) is 4.79 Å². The van der Waals surface area contributed by atoms with Crippen molar-refractivity contribution in [3.8, 4) is 0 Å². The van der Waals surface area contributed by atoms with Crippen LogP contribution in [-0.4, -0.2) is 36.0 Å². The van der Waals surface area contributed by atoms with Gasteiger partial charge in [0, 0.05) is 17.6 Å². The van der Waals surface area contributed by atoms with Crippen LogP contribution in [-0.2, 0) is 0 Å². The molecule has 3 nitrogen and oxygen atoms in total. The van der Waals surface area contributed by atoms with Gasteiger partial charge in [0.05, 0.1) is 10.0 Å². The summed E-state index contributed by atoms with van der Waals surface area (Å²) >= 11 is 12.2. The lowest BCUT2D eigenvalue weighted by molar-refractivity contribution is 0.0862. The molecule has 1 amide bonds. The molecule has 1 aliphatic heterocycles. The van der Waals surface area contributed by atoms with E-state index in [1.54, 1.807) is 12.1 Å². The molecule has 2 unspecified atom stereocenters. The van der Waals surface area contributed by atoms with Crippen molar-refractivity contribution < 1.29 is 4.79 Å². The lowest BCUT2D eigenvalue weighted by atomic mass is 9.89. The Balaban J connectivity index is 1.74. The van der Waals surface area contributed by atoms with Crippen molar-refractivity contribution in [2.24, 2.45) is 0 Å². The smallest absolute Gasteiger partial charge is 0.251 e. The number of rotatable bonds is 3. The summed E-state index contributed by atoms with van der Waals surface area (Å²) in [6.07, 6.45) is 7.26. The van der Waals surface area contributed by atoms with Gasteiger partial charge in [-0.15, -0.1) is 0 Å². The maximum atomic E-state index is 12.7. The van der Waals surface area contributed by atoms with Gasteiger partial charge in [0.2, 0.25) is 0 Å². The van der Waals surface area contributed by atoms with Gasteiger partial charge in [-0.05, 0) is 63.4 Å². The Kier molecular flexibility index (Phi) is 5.50. The van der Waals surface area contributed by atoms with Crippen LogP contribution in [0.15, 0.2) is 12.1 Å². The van der Waals surface area contributed by atoms with E-state index in [2.05, 4.69) is 10.2 Å². The molecular formula is C18H24Cl2N2O. The summed E-state index contributed by atoms with van der Waals surface area (Å²) in [7, 11) is 0. The maximum Gasteiger partial charge on any atom is 0.251 e. The topological polar surface area (TPSA) is 32.3 Å². The molecule has 3 rings (SSSR count). The first-order valence-corrected chi connectivity index (χ1v) is 9.33. The number of nitrogens with one attached hydrogen (secondary N) is 1. The average molecular weight is 355 g/mol. The number of halogens is 2. The fraction of sp³-hybridized carbons (Fsp3) is 0.611. The Hall–Kier alpha value is -0.770. The van der Waals surface area contributed by atoms with Crippen LogP contribution in [0, 0.1) is 6.92 Å². The highest BCUT2D eigenvalue weighted by Gasteiger charge is 2.32. The normalized spacial score (nSPS) is 25.5. The Morgan fingerprint density at radius 2 is 1.83 bits per heavy atom. The standard InChI is InChI=1S/C18H24Cl2N2O/c1-12-13(8-9-14(19)17(12)20)18(23)21-15-6-2-3-7-16(15)22-10-4-5-11-22/h8-9,15-16H,2-7,10-11H2,1H3,(H,21,23). The van der Waals surface area contributed by atoms with Gasteiger partial charge >= 0.3 is 0 Å². The lowest BCUT2D eigenvalue weighted by Gasteiger charge is -2.38. The molecular weight excluding hydrogens is 331 g/mol. The molecule has 0 aromatic heterocycles. The van der Waals surface area contributed by atoms with Crippen LogP contribution < -0.4 is 5.32 Å². The van der Waals surface area contributed by atoms with E-state index >= 15 is 0 Å². The predicted octanol–water partition coefficient (Wildman–Crippen LogP) is 4.44. The van der Waals surface area contributed by atoms with Gasteiger partial charge in [0.25, 0.3) is 5.91 Å². The van der Waals surface area contributed by atoms with Crippen molar-refractivity contribution in [1.82, 2.24) is 10.2 Å². The summed E-state index contributed by atoms with van der Waals surface area (Å²) < 4.78 is 0. The number of carbonyl (C=O) groups is 1. The highest BCUT2D eigenvalue weighted by Crippen LogP contribution is 2.29. The van der Waals surface area contributed by atoms with Gasteiger partial charge in [-0.3, -0.25) is 9.69 Å². The van der Waals surface area contributed by atoms with E-state index in [0.29, 0.717) is 21.7 Å². The van der Waals surface area contributed by atoms with Gasteiger partial charge in [-0.1, -0.05) is 36.0 Å².